The second kappa shape index (κ2) is 7.84. The molecule has 13 heavy (non-hydrogen) atoms. The summed E-state index contributed by atoms with van der Waals surface area (Å²) in [6, 6.07) is 0. The van der Waals surface area contributed by atoms with Gasteiger partial charge in [0, 0.05) is 19.8 Å². The van der Waals surface area contributed by atoms with E-state index >= 15 is 0 Å². The van der Waals surface area contributed by atoms with Crippen molar-refractivity contribution >= 4 is 6.29 Å². The molecule has 0 saturated heterocycles. The van der Waals surface area contributed by atoms with E-state index in [0.29, 0.717) is 0 Å². The minimum absolute atomic E-state index is 0.870. The monoisotopic (exact) mass is 183 g/mol. The number of carbonyl (C=O) groups is 1. The van der Waals surface area contributed by atoms with Crippen LogP contribution in [0.25, 0.3) is 0 Å². The van der Waals surface area contributed by atoms with Crippen molar-refractivity contribution in [3.05, 3.63) is 11.8 Å². The largest absolute Gasteiger partial charge is 0.381 e. The molecular formula is C11H21NO. The van der Waals surface area contributed by atoms with E-state index < -0.39 is 0 Å². The van der Waals surface area contributed by atoms with E-state index in [-0.39, 0.29) is 0 Å². The first kappa shape index (κ1) is 12.2. The molecule has 0 bridgehead atoms. The van der Waals surface area contributed by atoms with Gasteiger partial charge in [0.15, 0.2) is 0 Å². The van der Waals surface area contributed by atoms with Crippen LogP contribution in [0.1, 0.15) is 39.0 Å². The molecule has 0 unspecified atom stereocenters. The van der Waals surface area contributed by atoms with Gasteiger partial charge in [0.25, 0.3) is 0 Å². The van der Waals surface area contributed by atoms with Crippen molar-refractivity contribution in [1.82, 2.24) is 4.90 Å². The van der Waals surface area contributed by atoms with Crippen molar-refractivity contribution in [3.8, 4) is 0 Å². The minimum Gasteiger partial charge on any atom is -0.381 e. The molecule has 76 valence electrons. The van der Waals surface area contributed by atoms with Crippen LogP contribution in [0, 0.1) is 0 Å². The van der Waals surface area contributed by atoms with Gasteiger partial charge in [-0.15, -0.1) is 0 Å². The molecule has 0 aromatic rings. The molecule has 0 saturated carbocycles. The molecule has 2 heteroatoms. The van der Waals surface area contributed by atoms with Crippen LogP contribution < -0.4 is 0 Å². The highest BCUT2D eigenvalue weighted by Gasteiger charge is 1.98. The molecule has 0 radical (unpaired) electrons. The van der Waals surface area contributed by atoms with E-state index in [0.717, 1.165) is 18.4 Å². The van der Waals surface area contributed by atoms with Crippen LogP contribution >= 0.6 is 0 Å². The predicted octanol–water partition coefficient (Wildman–Crippen LogP) is 2.60. The van der Waals surface area contributed by atoms with Crippen LogP contribution in [0.15, 0.2) is 11.8 Å². The molecule has 0 rings (SSSR count). The summed E-state index contributed by atoms with van der Waals surface area (Å²) in [5, 5.41) is 0. The normalized spacial score (nSPS) is 11.5. The molecule has 0 aliphatic heterocycles. The Balaban J connectivity index is 3.71. The van der Waals surface area contributed by atoms with Crippen LogP contribution in [0.4, 0.5) is 0 Å². The fraction of sp³-hybridized carbons (Fsp3) is 0.727. The van der Waals surface area contributed by atoms with Crippen molar-refractivity contribution in [3.63, 3.8) is 0 Å². The van der Waals surface area contributed by atoms with Gasteiger partial charge >= 0.3 is 0 Å². The molecule has 0 spiro atoms. The third-order valence-corrected chi connectivity index (χ3v) is 2.12. The van der Waals surface area contributed by atoms with Crippen LogP contribution in [0.3, 0.4) is 0 Å². The van der Waals surface area contributed by atoms with Crippen molar-refractivity contribution in [2.24, 2.45) is 0 Å². The standard InChI is InChI=1S/C11H21NO/c1-4-5-6-7-8-11(9-10-13)12(2)3/h9-10H,4-8H2,1-3H3. The van der Waals surface area contributed by atoms with Crippen molar-refractivity contribution in [2.45, 2.75) is 39.0 Å². The van der Waals surface area contributed by atoms with Crippen LogP contribution in [-0.4, -0.2) is 25.3 Å². The summed E-state index contributed by atoms with van der Waals surface area (Å²) >= 11 is 0. The van der Waals surface area contributed by atoms with Gasteiger partial charge < -0.3 is 4.90 Å². The molecule has 0 aliphatic rings. The topological polar surface area (TPSA) is 20.3 Å². The number of aldehydes is 1. The molecule has 0 amide bonds. The molecule has 0 aromatic heterocycles. The van der Waals surface area contributed by atoms with Gasteiger partial charge in [-0.1, -0.05) is 26.2 Å². The maximum Gasteiger partial charge on any atom is 0.144 e. The van der Waals surface area contributed by atoms with E-state index in [1.165, 1.54) is 25.7 Å². The molecular weight excluding hydrogens is 162 g/mol. The van der Waals surface area contributed by atoms with E-state index in [4.69, 9.17) is 0 Å². The molecule has 0 aromatic carbocycles. The van der Waals surface area contributed by atoms with Gasteiger partial charge in [-0.25, -0.2) is 0 Å². The number of hydrogen-bond acceptors (Lipinski definition) is 2. The SMILES string of the molecule is CCCCCCC(=CC=O)N(C)C. The fourth-order valence-corrected chi connectivity index (χ4v) is 1.27. The maximum absolute atomic E-state index is 10.3. The summed E-state index contributed by atoms with van der Waals surface area (Å²) < 4.78 is 0. The van der Waals surface area contributed by atoms with Gasteiger partial charge in [-0.3, -0.25) is 4.79 Å². The summed E-state index contributed by atoms with van der Waals surface area (Å²) in [7, 11) is 3.96. The maximum atomic E-state index is 10.3. The zero-order valence-corrected chi connectivity index (χ0v) is 9.05. The molecule has 2 nitrogen and oxygen atoms in total. The van der Waals surface area contributed by atoms with E-state index in [9.17, 15) is 4.79 Å². The van der Waals surface area contributed by atoms with Crippen LogP contribution in [-0.2, 0) is 4.79 Å². The van der Waals surface area contributed by atoms with E-state index in [1.807, 2.05) is 19.0 Å². The number of carbonyl (C=O) groups excluding carboxylic acids is 1. The summed E-state index contributed by atoms with van der Waals surface area (Å²) in [6.07, 6.45) is 8.55. The summed E-state index contributed by atoms with van der Waals surface area (Å²) in [5.41, 5.74) is 1.13. The Bertz CT molecular complexity index is 161. The highest BCUT2D eigenvalue weighted by molar-refractivity contribution is 5.65. The third kappa shape index (κ3) is 6.38. The van der Waals surface area contributed by atoms with E-state index in [1.54, 1.807) is 6.08 Å². The second-order valence-corrected chi connectivity index (χ2v) is 3.50. The van der Waals surface area contributed by atoms with Crippen molar-refractivity contribution in [2.75, 3.05) is 14.1 Å². The Kier molecular flexibility index (Phi) is 7.36. The Morgan fingerprint density at radius 3 is 2.38 bits per heavy atom. The Hall–Kier alpha value is -0.790. The highest BCUT2D eigenvalue weighted by Crippen LogP contribution is 2.11. The zero-order chi connectivity index (χ0) is 10.1. The first-order valence-electron chi connectivity index (χ1n) is 5.04. The average molecular weight is 183 g/mol. The van der Waals surface area contributed by atoms with Gasteiger partial charge in [0.1, 0.15) is 6.29 Å². The minimum atomic E-state index is 0.870. The smallest absolute Gasteiger partial charge is 0.144 e. The molecule has 0 heterocycles. The fourth-order valence-electron chi connectivity index (χ4n) is 1.27. The van der Waals surface area contributed by atoms with E-state index in [2.05, 4.69) is 6.92 Å². The predicted molar refractivity (Wildman–Crippen MR) is 56.6 cm³/mol. The molecule has 0 fully saturated rings. The average Bonchev–Trinajstić information content (AvgIpc) is 2.10. The number of unbranched alkanes of at least 4 members (excludes halogenated alkanes) is 3. The summed E-state index contributed by atoms with van der Waals surface area (Å²) in [6.45, 7) is 2.20. The Morgan fingerprint density at radius 2 is 1.92 bits per heavy atom. The quantitative estimate of drug-likeness (QED) is 0.343. The number of hydrogen-bond donors (Lipinski definition) is 0. The van der Waals surface area contributed by atoms with Crippen LogP contribution in [0.5, 0.6) is 0 Å². The zero-order valence-electron chi connectivity index (χ0n) is 9.05. The number of nitrogens with zero attached hydrogens (tertiary/aromatic N) is 1. The second-order valence-electron chi connectivity index (χ2n) is 3.50. The van der Waals surface area contributed by atoms with Crippen molar-refractivity contribution in [1.29, 1.82) is 0 Å². The summed E-state index contributed by atoms with van der Waals surface area (Å²) in [4.78, 5) is 12.3. The van der Waals surface area contributed by atoms with Gasteiger partial charge in [-0.2, -0.15) is 0 Å². The lowest BCUT2D eigenvalue weighted by atomic mass is 10.1. The molecule has 0 N–H and O–H groups in total. The van der Waals surface area contributed by atoms with Gasteiger partial charge in [-0.05, 0) is 18.9 Å². The van der Waals surface area contributed by atoms with Gasteiger partial charge in [0.05, 0.1) is 0 Å². The van der Waals surface area contributed by atoms with Gasteiger partial charge in [0.2, 0.25) is 0 Å². The Labute approximate surface area is 81.6 Å². The first-order valence-corrected chi connectivity index (χ1v) is 5.04. The van der Waals surface area contributed by atoms with Crippen molar-refractivity contribution < 1.29 is 4.79 Å². The highest BCUT2D eigenvalue weighted by atomic mass is 16.1. The lowest BCUT2D eigenvalue weighted by Crippen LogP contribution is -2.11. The number of allylic oxidation sites excluding steroid dienone is 2. The first-order chi connectivity index (χ1) is 6.22. The van der Waals surface area contributed by atoms with Crippen LogP contribution in [0.2, 0.25) is 0 Å². The Morgan fingerprint density at radius 1 is 1.23 bits per heavy atom. The third-order valence-electron chi connectivity index (χ3n) is 2.12. The lowest BCUT2D eigenvalue weighted by molar-refractivity contribution is -0.104. The molecule has 0 atom stereocenters. The summed E-state index contributed by atoms with van der Waals surface area (Å²) in [5.74, 6) is 0. The number of rotatable bonds is 7. The lowest BCUT2D eigenvalue weighted by Gasteiger charge is -2.16. The molecule has 0 aliphatic carbocycles.